The molecule has 3 rings (SSSR count). The van der Waals surface area contributed by atoms with Gasteiger partial charge in [-0.1, -0.05) is 6.92 Å². The van der Waals surface area contributed by atoms with Crippen molar-refractivity contribution in [2.45, 2.75) is 26.3 Å². The van der Waals surface area contributed by atoms with Crippen LogP contribution in [0.1, 0.15) is 24.7 Å². The third-order valence-corrected chi connectivity index (χ3v) is 3.25. The number of fused-ring (bicyclic) bond motifs is 1. The summed E-state index contributed by atoms with van der Waals surface area (Å²) in [5.41, 5.74) is 0.929. The topological polar surface area (TPSA) is 96.4 Å². The second-order valence-electron chi connectivity index (χ2n) is 4.83. The van der Waals surface area contributed by atoms with Crippen LogP contribution in [0.25, 0.3) is 11.2 Å². The molecule has 3 aromatic rings. The highest BCUT2D eigenvalue weighted by molar-refractivity contribution is 5.69. The lowest BCUT2D eigenvalue weighted by atomic mass is 10.2. The van der Waals surface area contributed by atoms with E-state index in [2.05, 4.69) is 19.9 Å². The molecule has 0 aromatic carbocycles. The van der Waals surface area contributed by atoms with Gasteiger partial charge in [0, 0.05) is 25.4 Å². The highest BCUT2D eigenvalue weighted by atomic mass is 16.2. The Bertz CT molecular complexity index is 876. The van der Waals surface area contributed by atoms with Crippen molar-refractivity contribution in [1.82, 2.24) is 24.5 Å². The first-order valence-corrected chi connectivity index (χ1v) is 6.79. The minimum absolute atomic E-state index is 0.340. The molecule has 3 aromatic heterocycles. The fourth-order valence-corrected chi connectivity index (χ4v) is 2.30. The Kier molecular flexibility index (Phi) is 3.39. The first-order valence-electron chi connectivity index (χ1n) is 6.79. The maximum Gasteiger partial charge on any atom is 0.330 e. The number of aromatic nitrogens is 5. The molecule has 0 bridgehead atoms. The summed E-state index contributed by atoms with van der Waals surface area (Å²) < 4.78 is 1.49. The predicted molar refractivity (Wildman–Crippen MR) is 78.3 cm³/mol. The number of aromatic amines is 2. The van der Waals surface area contributed by atoms with E-state index in [1.807, 2.05) is 19.1 Å². The van der Waals surface area contributed by atoms with Crippen molar-refractivity contribution < 1.29 is 0 Å². The van der Waals surface area contributed by atoms with Crippen molar-refractivity contribution in [3.63, 3.8) is 0 Å². The lowest BCUT2D eigenvalue weighted by Gasteiger charge is -2.02. The van der Waals surface area contributed by atoms with Crippen LogP contribution in [0.5, 0.6) is 0 Å². The smallest absolute Gasteiger partial charge is 0.330 e. The molecule has 108 valence electrons. The average molecular weight is 285 g/mol. The second kappa shape index (κ2) is 5.35. The fourth-order valence-electron chi connectivity index (χ4n) is 2.30. The zero-order chi connectivity index (χ0) is 14.8. The van der Waals surface area contributed by atoms with E-state index < -0.39 is 11.2 Å². The van der Waals surface area contributed by atoms with Crippen LogP contribution in [0.15, 0.2) is 34.1 Å². The van der Waals surface area contributed by atoms with Gasteiger partial charge in [-0.05, 0) is 24.1 Å². The number of imidazole rings is 1. The molecule has 3 heterocycles. The monoisotopic (exact) mass is 285 g/mol. The first-order chi connectivity index (χ1) is 10.2. The molecule has 7 heteroatoms. The van der Waals surface area contributed by atoms with E-state index in [9.17, 15) is 9.59 Å². The van der Waals surface area contributed by atoms with E-state index in [1.54, 1.807) is 12.4 Å². The molecule has 0 fully saturated rings. The summed E-state index contributed by atoms with van der Waals surface area (Å²) in [6.07, 6.45) is 4.75. The number of pyridine rings is 1. The third-order valence-electron chi connectivity index (χ3n) is 3.25. The standard InChI is InChI=1S/C14H15N5O2/c1-2-7-19-12-11(13(20)18-14(19)21)16-10(17-12)8-9-3-5-15-6-4-9/h3-6H,2,7-8H2,1H3,(H,16,17)(H,18,20,21). The SMILES string of the molecule is CCCn1c(=O)[nH]c(=O)c2[nH]c(Cc3ccncc3)nc21. The quantitative estimate of drug-likeness (QED) is 0.741. The van der Waals surface area contributed by atoms with Crippen molar-refractivity contribution in [3.8, 4) is 0 Å². The molecule has 0 aliphatic rings. The van der Waals surface area contributed by atoms with Crippen LogP contribution in [-0.4, -0.2) is 24.5 Å². The van der Waals surface area contributed by atoms with Gasteiger partial charge in [-0.25, -0.2) is 9.78 Å². The Balaban J connectivity index is 2.11. The number of rotatable bonds is 4. The highest BCUT2D eigenvalue weighted by Gasteiger charge is 2.12. The molecule has 0 aliphatic heterocycles. The van der Waals surface area contributed by atoms with Crippen LogP contribution >= 0.6 is 0 Å². The van der Waals surface area contributed by atoms with Gasteiger partial charge in [0.1, 0.15) is 11.3 Å². The van der Waals surface area contributed by atoms with Gasteiger partial charge in [0.25, 0.3) is 5.56 Å². The van der Waals surface area contributed by atoms with Crippen LogP contribution in [0.3, 0.4) is 0 Å². The highest BCUT2D eigenvalue weighted by Crippen LogP contribution is 2.09. The van der Waals surface area contributed by atoms with Gasteiger partial charge in [0.2, 0.25) is 0 Å². The minimum Gasteiger partial charge on any atom is -0.336 e. The summed E-state index contributed by atoms with van der Waals surface area (Å²) in [6.45, 7) is 2.49. The molecule has 0 saturated heterocycles. The Morgan fingerprint density at radius 1 is 1.19 bits per heavy atom. The van der Waals surface area contributed by atoms with E-state index in [0.29, 0.717) is 30.0 Å². The number of hydrogen-bond donors (Lipinski definition) is 2. The van der Waals surface area contributed by atoms with E-state index in [-0.39, 0.29) is 0 Å². The third kappa shape index (κ3) is 2.49. The molecule has 0 unspecified atom stereocenters. The number of nitrogens with one attached hydrogen (secondary N) is 2. The molecule has 0 radical (unpaired) electrons. The molecule has 21 heavy (non-hydrogen) atoms. The molecule has 2 N–H and O–H groups in total. The largest absolute Gasteiger partial charge is 0.336 e. The predicted octanol–water partition coefficient (Wildman–Crippen LogP) is 0.809. The summed E-state index contributed by atoms with van der Waals surface area (Å²) in [4.78, 5) is 37.4. The van der Waals surface area contributed by atoms with Crippen LogP contribution < -0.4 is 11.2 Å². The van der Waals surface area contributed by atoms with Gasteiger partial charge >= 0.3 is 5.69 Å². The number of aryl methyl sites for hydroxylation is 1. The maximum atomic E-state index is 11.9. The summed E-state index contributed by atoms with van der Waals surface area (Å²) in [5.74, 6) is 0.650. The average Bonchev–Trinajstić information content (AvgIpc) is 2.89. The number of hydrogen-bond acceptors (Lipinski definition) is 4. The molecule has 0 aliphatic carbocycles. The van der Waals surface area contributed by atoms with E-state index in [1.165, 1.54) is 4.57 Å². The Morgan fingerprint density at radius 3 is 2.67 bits per heavy atom. The maximum absolute atomic E-state index is 11.9. The van der Waals surface area contributed by atoms with Crippen molar-refractivity contribution in [2.24, 2.45) is 0 Å². The molecular weight excluding hydrogens is 270 g/mol. The van der Waals surface area contributed by atoms with Crippen molar-refractivity contribution in [3.05, 3.63) is 56.8 Å². The van der Waals surface area contributed by atoms with Crippen LogP contribution in [0, 0.1) is 0 Å². The van der Waals surface area contributed by atoms with Crippen LogP contribution in [0.2, 0.25) is 0 Å². The van der Waals surface area contributed by atoms with Crippen molar-refractivity contribution in [2.75, 3.05) is 0 Å². The van der Waals surface area contributed by atoms with Gasteiger partial charge in [-0.3, -0.25) is 19.3 Å². The number of nitrogens with zero attached hydrogens (tertiary/aromatic N) is 3. The van der Waals surface area contributed by atoms with Crippen LogP contribution in [0.4, 0.5) is 0 Å². The molecule has 7 nitrogen and oxygen atoms in total. The zero-order valence-electron chi connectivity index (χ0n) is 11.6. The molecule has 0 atom stereocenters. The fraction of sp³-hybridized carbons (Fsp3) is 0.286. The molecular formula is C14H15N5O2. The Morgan fingerprint density at radius 2 is 1.95 bits per heavy atom. The molecule has 0 saturated carbocycles. The number of H-pyrrole nitrogens is 2. The summed E-state index contributed by atoms with van der Waals surface area (Å²) in [5, 5.41) is 0. The second-order valence-corrected chi connectivity index (χ2v) is 4.83. The lowest BCUT2D eigenvalue weighted by Crippen LogP contribution is -2.30. The Labute approximate surface area is 119 Å². The molecule has 0 amide bonds. The summed E-state index contributed by atoms with van der Waals surface area (Å²) in [7, 11) is 0. The summed E-state index contributed by atoms with van der Waals surface area (Å²) in [6, 6.07) is 3.77. The summed E-state index contributed by atoms with van der Waals surface area (Å²) >= 11 is 0. The van der Waals surface area contributed by atoms with Crippen molar-refractivity contribution in [1.29, 1.82) is 0 Å². The van der Waals surface area contributed by atoms with E-state index >= 15 is 0 Å². The van der Waals surface area contributed by atoms with E-state index in [4.69, 9.17) is 0 Å². The van der Waals surface area contributed by atoms with Crippen LogP contribution in [-0.2, 0) is 13.0 Å². The van der Waals surface area contributed by atoms with Crippen molar-refractivity contribution >= 4 is 11.2 Å². The molecule has 0 spiro atoms. The zero-order valence-corrected chi connectivity index (χ0v) is 11.6. The minimum atomic E-state index is -0.434. The van der Waals surface area contributed by atoms with Gasteiger partial charge in [-0.2, -0.15) is 0 Å². The first kappa shape index (κ1) is 13.3. The Hall–Kier alpha value is -2.70. The normalized spacial score (nSPS) is 11.1. The van der Waals surface area contributed by atoms with Gasteiger partial charge in [-0.15, -0.1) is 0 Å². The van der Waals surface area contributed by atoms with Gasteiger partial charge in [0.15, 0.2) is 5.65 Å². The lowest BCUT2D eigenvalue weighted by molar-refractivity contribution is 0.652. The van der Waals surface area contributed by atoms with Gasteiger partial charge in [0.05, 0.1) is 0 Å². The van der Waals surface area contributed by atoms with E-state index in [0.717, 1.165) is 12.0 Å². The van der Waals surface area contributed by atoms with Gasteiger partial charge < -0.3 is 4.98 Å².